The van der Waals surface area contributed by atoms with Gasteiger partial charge in [0.05, 0.1) is 32.2 Å². The standard InChI is InChI=1S/C12H14O4/c1-15-10-4-2-3-9(5-10)12(6-11(13)14)7-16-8-12/h2-5H,6-8H2,1H3,(H,13,14). The predicted octanol–water partition coefficient (Wildman–Crippen LogP) is 1.44. The number of aliphatic carboxylic acids is 1. The van der Waals surface area contributed by atoms with E-state index in [9.17, 15) is 4.79 Å². The van der Waals surface area contributed by atoms with Gasteiger partial charge in [-0.2, -0.15) is 0 Å². The molecule has 16 heavy (non-hydrogen) atoms. The van der Waals surface area contributed by atoms with Crippen molar-refractivity contribution in [1.29, 1.82) is 0 Å². The molecule has 1 heterocycles. The van der Waals surface area contributed by atoms with Crippen LogP contribution in [0, 0.1) is 0 Å². The maximum atomic E-state index is 10.8. The summed E-state index contributed by atoms with van der Waals surface area (Å²) in [7, 11) is 1.60. The maximum absolute atomic E-state index is 10.8. The van der Waals surface area contributed by atoms with E-state index in [1.807, 2.05) is 24.3 Å². The predicted molar refractivity (Wildman–Crippen MR) is 57.7 cm³/mol. The van der Waals surface area contributed by atoms with Crippen LogP contribution in [0.3, 0.4) is 0 Å². The SMILES string of the molecule is COc1cccc(C2(CC(=O)O)COC2)c1. The summed E-state index contributed by atoms with van der Waals surface area (Å²) >= 11 is 0. The minimum atomic E-state index is -0.800. The number of methoxy groups -OCH3 is 1. The smallest absolute Gasteiger partial charge is 0.304 e. The largest absolute Gasteiger partial charge is 0.497 e. The number of hydrogen-bond donors (Lipinski definition) is 1. The Morgan fingerprint density at radius 1 is 1.56 bits per heavy atom. The third kappa shape index (κ3) is 1.88. The second kappa shape index (κ2) is 4.14. The number of carboxylic acids is 1. The van der Waals surface area contributed by atoms with Gasteiger partial charge in [0, 0.05) is 0 Å². The van der Waals surface area contributed by atoms with Gasteiger partial charge in [0.15, 0.2) is 0 Å². The molecular weight excluding hydrogens is 208 g/mol. The molecule has 0 bridgehead atoms. The molecule has 1 saturated heterocycles. The lowest BCUT2D eigenvalue weighted by atomic mass is 9.76. The summed E-state index contributed by atoms with van der Waals surface area (Å²) in [6, 6.07) is 7.52. The van der Waals surface area contributed by atoms with Gasteiger partial charge in [0.2, 0.25) is 0 Å². The van der Waals surface area contributed by atoms with Crippen LogP contribution < -0.4 is 4.74 Å². The van der Waals surface area contributed by atoms with Crippen LogP contribution in [0.25, 0.3) is 0 Å². The zero-order valence-electron chi connectivity index (χ0n) is 9.10. The molecule has 1 aliphatic rings. The van der Waals surface area contributed by atoms with Crippen LogP contribution in [0.4, 0.5) is 0 Å². The van der Waals surface area contributed by atoms with Crippen molar-refractivity contribution in [3.05, 3.63) is 29.8 Å². The number of carboxylic acid groups (broad SMARTS) is 1. The Morgan fingerprint density at radius 3 is 2.81 bits per heavy atom. The fourth-order valence-corrected chi connectivity index (χ4v) is 1.96. The minimum absolute atomic E-state index is 0.0974. The highest BCUT2D eigenvalue weighted by molar-refractivity contribution is 5.69. The van der Waals surface area contributed by atoms with Crippen LogP contribution in [0.15, 0.2) is 24.3 Å². The first-order valence-electron chi connectivity index (χ1n) is 5.10. The van der Waals surface area contributed by atoms with Gasteiger partial charge >= 0.3 is 5.97 Å². The van der Waals surface area contributed by atoms with Gasteiger partial charge in [-0.15, -0.1) is 0 Å². The molecule has 4 heteroatoms. The fraction of sp³-hybridized carbons (Fsp3) is 0.417. The lowest BCUT2D eigenvalue weighted by molar-refractivity contribution is -0.145. The molecule has 0 atom stereocenters. The molecule has 2 rings (SSSR count). The molecular formula is C12H14O4. The van der Waals surface area contributed by atoms with Gasteiger partial charge in [-0.05, 0) is 17.7 Å². The summed E-state index contributed by atoms with van der Waals surface area (Å²) in [6.45, 7) is 0.929. The zero-order valence-corrected chi connectivity index (χ0v) is 9.10. The van der Waals surface area contributed by atoms with Crippen LogP contribution in [-0.4, -0.2) is 31.4 Å². The van der Waals surface area contributed by atoms with Crippen LogP contribution in [-0.2, 0) is 14.9 Å². The van der Waals surface area contributed by atoms with Crippen molar-refractivity contribution in [2.75, 3.05) is 20.3 Å². The molecule has 1 N–H and O–H groups in total. The van der Waals surface area contributed by atoms with Crippen molar-refractivity contribution in [3.8, 4) is 5.75 Å². The normalized spacial score (nSPS) is 17.6. The van der Waals surface area contributed by atoms with E-state index in [1.165, 1.54) is 0 Å². The Balaban J connectivity index is 2.29. The molecule has 1 aromatic rings. The lowest BCUT2D eigenvalue weighted by Gasteiger charge is -2.40. The van der Waals surface area contributed by atoms with E-state index in [1.54, 1.807) is 7.11 Å². The van der Waals surface area contributed by atoms with E-state index >= 15 is 0 Å². The summed E-state index contributed by atoms with van der Waals surface area (Å²) < 4.78 is 10.3. The molecule has 1 fully saturated rings. The summed E-state index contributed by atoms with van der Waals surface area (Å²) in [5.41, 5.74) is 0.598. The molecule has 0 saturated carbocycles. The van der Waals surface area contributed by atoms with Crippen molar-refractivity contribution in [3.63, 3.8) is 0 Å². The molecule has 0 spiro atoms. The van der Waals surface area contributed by atoms with E-state index in [2.05, 4.69) is 0 Å². The fourth-order valence-electron chi connectivity index (χ4n) is 1.96. The lowest BCUT2D eigenvalue weighted by Crippen LogP contribution is -2.48. The molecule has 0 aromatic heterocycles. The van der Waals surface area contributed by atoms with Gasteiger partial charge in [-0.25, -0.2) is 0 Å². The Morgan fingerprint density at radius 2 is 2.31 bits per heavy atom. The van der Waals surface area contributed by atoms with E-state index in [0.29, 0.717) is 13.2 Å². The Hall–Kier alpha value is -1.55. The number of hydrogen-bond acceptors (Lipinski definition) is 3. The average Bonchev–Trinajstić information content (AvgIpc) is 2.23. The highest BCUT2D eigenvalue weighted by atomic mass is 16.5. The first-order chi connectivity index (χ1) is 7.66. The number of ether oxygens (including phenoxy) is 2. The highest BCUT2D eigenvalue weighted by Gasteiger charge is 2.42. The first-order valence-corrected chi connectivity index (χ1v) is 5.10. The highest BCUT2D eigenvalue weighted by Crippen LogP contribution is 2.37. The minimum Gasteiger partial charge on any atom is -0.497 e. The quantitative estimate of drug-likeness (QED) is 0.837. The summed E-state index contributed by atoms with van der Waals surface area (Å²) in [5, 5.41) is 8.92. The van der Waals surface area contributed by atoms with Crippen LogP contribution in [0.1, 0.15) is 12.0 Å². The molecule has 4 nitrogen and oxygen atoms in total. The second-order valence-electron chi connectivity index (χ2n) is 4.08. The first kappa shape index (κ1) is 11.0. The van der Waals surface area contributed by atoms with Gasteiger partial charge < -0.3 is 14.6 Å². The van der Waals surface area contributed by atoms with Gasteiger partial charge in [-0.1, -0.05) is 12.1 Å². The molecule has 0 amide bonds. The second-order valence-corrected chi connectivity index (χ2v) is 4.08. The summed E-state index contributed by atoms with van der Waals surface area (Å²) in [6.07, 6.45) is 0.0974. The average molecular weight is 222 g/mol. The van der Waals surface area contributed by atoms with Crippen LogP contribution in [0.2, 0.25) is 0 Å². The van der Waals surface area contributed by atoms with Gasteiger partial charge in [-0.3, -0.25) is 4.79 Å². The van der Waals surface area contributed by atoms with Gasteiger partial charge in [0.1, 0.15) is 5.75 Å². The van der Waals surface area contributed by atoms with Crippen molar-refractivity contribution in [1.82, 2.24) is 0 Å². The summed E-state index contributed by atoms with van der Waals surface area (Å²) in [5.74, 6) is -0.0553. The summed E-state index contributed by atoms with van der Waals surface area (Å²) in [4.78, 5) is 10.8. The third-order valence-electron chi connectivity index (χ3n) is 2.93. The van der Waals surface area contributed by atoms with E-state index < -0.39 is 5.97 Å². The van der Waals surface area contributed by atoms with Crippen molar-refractivity contribution in [2.45, 2.75) is 11.8 Å². The topological polar surface area (TPSA) is 55.8 Å². The van der Waals surface area contributed by atoms with Crippen molar-refractivity contribution < 1.29 is 19.4 Å². The van der Waals surface area contributed by atoms with E-state index in [4.69, 9.17) is 14.6 Å². The van der Waals surface area contributed by atoms with Gasteiger partial charge in [0.25, 0.3) is 0 Å². The molecule has 0 aliphatic carbocycles. The number of rotatable bonds is 4. The molecule has 0 radical (unpaired) electrons. The van der Waals surface area contributed by atoms with Crippen LogP contribution in [0.5, 0.6) is 5.75 Å². The van der Waals surface area contributed by atoms with E-state index in [-0.39, 0.29) is 11.8 Å². The molecule has 1 aromatic carbocycles. The number of carbonyl (C=O) groups is 1. The maximum Gasteiger partial charge on any atom is 0.304 e. The Bertz CT molecular complexity index is 396. The van der Waals surface area contributed by atoms with Crippen molar-refractivity contribution >= 4 is 5.97 Å². The Labute approximate surface area is 93.8 Å². The Kier molecular flexibility index (Phi) is 2.83. The monoisotopic (exact) mass is 222 g/mol. The molecule has 86 valence electrons. The van der Waals surface area contributed by atoms with E-state index in [0.717, 1.165) is 11.3 Å². The third-order valence-corrected chi connectivity index (χ3v) is 2.93. The molecule has 1 aliphatic heterocycles. The van der Waals surface area contributed by atoms with Crippen LogP contribution >= 0.6 is 0 Å². The molecule has 0 unspecified atom stereocenters. The van der Waals surface area contributed by atoms with Crippen molar-refractivity contribution in [2.24, 2.45) is 0 Å². The number of benzene rings is 1. The zero-order chi connectivity index (χ0) is 11.6.